The maximum atomic E-state index is 15.1. The molecule has 0 aromatic heterocycles. The van der Waals surface area contributed by atoms with Crippen LogP contribution in [0.3, 0.4) is 0 Å². The zero-order valence-electron chi connectivity index (χ0n) is 18.3. The molecule has 0 radical (unpaired) electrons. The lowest BCUT2D eigenvalue weighted by atomic mass is 9.94. The number of carbonyl (C=O) groups excluding carboxylic acids is 2. The molecule has 0 spiro atoms. The van der Waals surface area contributed by atoms with Gasteiger partial charge in [-0.1, -0.05) is 55.7 Å². The summed E-state index contributed by atoms with van der Waals surface area (Å²) < 4.78 is 19.0. The summed E-state index contributed by atoms with van der Waals surface area (Å²) in [6.45, 7) is 1.21. The Bertz CT molecular complexity index is 972. The molecule has 2 aromatic carbocycles. The quantitative estimate of drug-likeness (QED) is 0.481. The van der Waals surface area contributed by atoms with Gasteiger partial charge in [0, 0.05) is 36.9 Å². The third-order valence-electron chi connectivity index (χ3n) is 7.05. The number of likely N-dealkylation sites (tertiary alicyclic amines) is 1. The standard InChI is InChI=1S/C25H30N3O3P/c29-24-19-23(25(30)28(24)22-15-8-3-9-16-22)32(31)26(20-11-4-1-5-12-20)17-10-18-27(32)21-13-6-2-7-14-21/h1-2,4-7,11-14,22-23H,3,8-10,15-19H2. The van der Waals surface area contributed by atoms with Crippen LogP contribution >= 0.6 is 7.44 Å². The monoisotopic (exact) mass is 451 g/mol. The van der Waals surface area contributed by atoms with E-state index in [0.29, 0.717) is 13.1 Å². The zero-order valence-corrected chi connectivity index (χ0v) is 19.2. The third kappa shape index (κ3) is 3.55. The van der Waals surface area contributed by atoms with Gasteiger partial charge in [-0.2, -0.15) is 0 Å². The van der Waals surface area contributed by atoms with Gasteiger partial charge in [-0.15, -0.1) is 0 Å². The van der Waals surface area contributed by atoms with Gasteiger partial charge in [-0.05, 0) is 43.5 Å². The van der Waals surface area contributed by atoms with E-state index in [4.69, 9.17) is 0 Å². The van der Waals surface area contributed by atoms with Crippen molar-refractivity contribution in [1.29, 1.82) is 0 Å². The van der Waals surface area contributed by atoms with Crippen LogP contribution in [0.1, 0.15) is 44.9 Å². The Morgan fingerprint density at radius 3 is 1.78 bits per heavy atom. The molecular weight excluding hydrogens is 421 g/mol. The van der Waals surface area contributed by atoms with Gasteiger partial charge in [-0.3, -0.25) is 19.1 Å². The van der Waals surface area contributed by atoms with Crippen LogP contribution in [0.15, 0.2) is 60.7 Å². The molecule has 168 valence electrons. The van der Waals surface area contributed by atoms with Crippen molar-refractivity contribution < 1.29 is 14.2 Å². The first-order valence-corrected chi connectivity index (χ1v) is 13.4. The summed E-state index contributed by atoms with van der Waals surface area (Å²) in [5.74, 6) is -0.400. The molecule has 2 aromatic rings. The molecular formula is C25H30N3O3P. The smallest absolute Gasteiger partial charge is 0.275 e. The molecule has 1 unspecified atom stereocenters. The first-order valence-electron chi connectivity index (χ1n) is 11.7. The van der Waals surface area contributed by atoms with Crippen LogP contribution in [0.2, 0.25) is 0 Å². The zero-order chi connectivity index (χ0) is 22.1. The molecule has 2 aliphatic heterocycles. The second-order valence-corrected chi connectivity index (χ2v) is 11.7. The number of para-hydroxylation sites is 2. The molecule has 2 saturated heterocycles. The highest BCUT2D eigenvalue weighted by Gasteiger charge is 2.57. The van der Waals surface area contributed by atoms with E-state index in [1.54, 1.807) is 0 Å². The summed E-state index contributed by atoms with van der Waals surface area (Å²) >= 11 is 0. The molecule has 3 aliphatic rings. The predicted octanol–water partition coefficient (Wildman–Crippen LogP) is 5.06. The Balaban J connectivity index is 1.58. The second-order valence-electron chi connectivity index (χ2n) is 8.97. The van der Waals surface area contributed by atoms with E-state index in [1.165, 1.54) is 4.90 Å². The van der Waals surface area contributed by atoms with Crippen LogP contribution in [0.5, 0.6) is 0 Å². The van der Waals surface area contributed by atoms with Crippen molar-refractivity contribution in [2.75, 3.05) is 22.4 Å². The highest BCUT2D eigenvalue weighted by molar-refractivity contribution is 7.69. The first kappa shape index (κ1) is 21.3. The summed E-state index contributed by atoms with van der Waals surface area (Å²) in [6, 6.07) is 19.3. The molecule has 1 aliphatic carbocycles. The van der Waals surface area contributed by atoms with Gasteiger partial charge in [0.1, 0.15) is 5.66 Å². The average Bonchev–Trinajstić information content (AvgIpc) is 3.15. The Morgan fingerprint density at radius 2 is 1.25 bits per heavy atom. The normalized spacial score (nSPS) is 24.2. The lowest BCUT2D eigenvalue weighted by Crippen LogP contribution is -2.47. The molecule has 3 fully saturated rings. The van der Waals surface area contributed by atoms with E-state index in [9.17, 15) is 9.59 Å². The Kier molecular flexibility index (Phi) is 5.81. The minimum absolute atomic E-state index is 0.0271. The first-order chi connectivity index (χ1) is 15.6. The van der Waals surface area contributed by atoms with Gasteiger partial charge in [0.05, 0.1) is 0 Å². The Labute approximate surface area is 189 Å². The number of benzene rings is 2. The highest BCUT2D eigenvalue weighted by Crippen LogP contribution is 2.64. The van der Waals surface area contributed by atoms with E-state index in [1.807, 2.05) is 70.0 Å². The SMILES string of the molecule is O=C1CC(P2(=O)N(c3ccccc3)CCCN2c2ccccc2)C(=O)N1C1CCCCC1. The van der Waals surface area contributed by atoms with Crippen molar-refractivity contribution in [2.45, 2.75) is 56.6 Å². The maximum Gasteiger partial charge on any atom is 0.275 e. The van der Waals surface area contributed by atoms with Crippen LogP contribution in [-0.2, 0) is 14.2 Å². The molecule has 2 heterocycles. The lowest BCUT2D eigenvalue weighted by Gasteiger charge is -2.47. The van der Waals surface area contributed by atoms with Crippen molar-refractivity contribution in [3.05, 3.63) is 60.7 Å². The van der Waals surface area contributed by atoms with E-state index in [2.05, 4.69) is 0 Å². The number of hydrogen-bond acceptors (Lipinski definition) is 3. The van der Waals surface area contributed by atoms with Crippen molar-refractivity contribution in [2.24, 2.45) is 0 Å². The number of nitrogens with zero attached hydrogens (tertiary/aromatic N) is 3. The van der Waals surface area contributed by atoms with Gasteiger partial charge in [-0.25, -0.2) is 0 Å². The van der Waals surface area contributed by atoms with Gasteiger partial charge < -0.3 is 9.34 Å². The maximum absolute atomic E-state index is 15.1. The summed E-state index contributed by atoms with van der Waals surface area (Å²) in [4.78, 5) is 28.3. The van der Waals surface area contributed by atoms with Gasteiger partial charge in [0.25, 0.3) is 7.44 Å². The number of rotatable bonds is 4. The van der Waals surface area contributed by atoms with Crippen molar-refractivity contribution in [3.8, 4) is 0 Å². The summed E-state index contributed by atoms with van der Waals surface area (Å²) in [5.41, 5.74) is 0.846. The Hall–Kier alpha value is -2.59. The number of amides is 2. The number of anilines is 2. The predicted molar refractivity (Wildman–Crippen MR) is 127 cm³/mol. The van der Waals surface area contributed by atoms with Gasteiger partial charge >= 0.3 is 0 Å². The van der Waals surface area contributed by atoms with Crippen molar-refractivity contribution in [1.82, 2.24) is 4.90 Å². The molecule has 6 nitrogen and oxygen atoms in total. The molecule has 5 rings (SSSR count). The number of carbonyl (C=O) groups is 2. The summed E-state index contributed by atoms with van der Waals surface area (Å²) in [6.07, 6.45) is 5.80. The molecule has 7 heteroatoms. The average molecular weight is 452 g/mol. The van der Waals surface area contributed by atoms with Crippen LogP contribution < -0.4 is 9.34 Å². The minimum Gasteiger partial charge on any atom is -0.306 e. The fourth-order valence-electron chi connectivity index (χ4n) is 5.53. The number of imide groups is 1. The summed E-state index contributed by atoms with van der Waals surface area (Å²) in [7, 11) is -3.45. The van der Waals surface area contributed by atoms with E-state index in [-0.39, 0.29) is 24.3 Å². The third-order valence-corrected chi connectivity index (χ3v) is 10.5. The van der Waals surface area contributed by atoms with Crippen molar-refractivity contribution in [3.63, 3.8) is 0 Å². The largest absolute Gasteiger partial charge is 0.306 e. The Morgan fingerprint density at radius 1 is 0.719 bits per heavy atom. The molecule has 32 heavy (non-hydrogen) atoms. The fourth-order valence-corrected chi connectivity index (χ4v) is 9.06. The molecule has 0 N–H and O–H groups in total. The van der Waals surface area contributed by atoms with Crippen LogP contribution in [0.25, 0.3) is 0 Å². The van der Waals surface area contributed by atoms with Crippen molar-refractivity contribution >= 4 is 30.6 Å². The molecule has 2 amide bonds. The fraction of sp³-hybridized carbons (Fsp3) is 0.440. The number of hydrogen-bond donors (Lipinski definition) is 0. The molecule has 1 saturated carbocycles. The van der Waals surface area contributed by atoms with E-state index < -0.39 is 13.1 Å². The van der Waals surface area contributed by atoms with E-state index >= 15 is 4.57 Å². The van der Waals surface area contributed by atoms with Gasteiger partial charge in [0.2, 0.25) is 11.8 Å². The van der Waals surface area contributed by atoms with Crippen LogP contribution in [0.4, 0.5) is 11.4 Å². The van der Waals surface area contributed by atoms with Gasteiger partial charge in [0.15, 0.2) is 0 Å². The summed E-state index contributed by atoms with van der Waals surface area (Å²) in [5, 5.41) is 0. The highest BCUT2D eigenvalue weighted by atomic mass is 31.2. The van der Waals surface area contributed by atoms with E-state index in [0.717, 1.165) is 49.9 Å². The molecule has 0 bridgehead atoms. The second kappa shape index (κ2) is 8.74. The van der Waals surface area contributed by atoms with Crippen LogP contribution in [-0.4, -0.2) is 41.5 Å². The van der Waals surface area contributed by atoms with Crippen LogP contribution in [0, 0.1) is 0 Å². The topological polar surface area (TPSA) is 60.9 Å². The molecule has 1 atom stereocenters. The minimum atomic E-state index is -3.45. The lowest BCUT2D eigenvalue weighted by molar-refractivity contribution is -0.141.